The predicted octanol–water partition coefficient (Wildman–Crippen LogP) is 0.411. The molecule has 98 valence electrons. The van der Waals surface area contributed by atoms with Crippen LogP contribution in [0, 0.1) is 0 Å². The first kappa shape index (κ1) is 14.0. The molecule has 0 fully saturated rings. The quantitative estimate of drug-likeness (QED) is 0.544. The van der Waals surface area contributed by atoms with Crippen LogP contribution < -0.4 is 5.32 Å². The lowest BCUT2D eigenvalue weighted by Gasteiger charge is -2.14. The Labute approximate surface area is 105 Å². The van der Waals surface area contributed by atoms with Crippen LogP contribution in [0.5, 0.6) is 0 Å². The maximum atomic E-state index is 11.8. The molecule has 0 aliphatic rings. The first-order valence-corrected chi connectivity index (χ1v) is 5.40. The Hall–Kier alpha value is -2.08. The first-order chi connectivity index (χ1) is 8.56. The zero-order chi connectivity index (χ0) is 13.5. The van der Waals surface area contributed by atoms with Crippen molar-refractivity contribution in [1.82, 2.24) is 9.88 Å². The highest BCUT2D eigenvalue weighted by molar-refractivity contribution is 5.95. The number of aryl methyl sites for hydroxylation is 1. The van der Waals surface area contributed by atoms with E-state index in [0.29, 0.717) is 5.69 Å². The van der Waals surface area contributed by atoms with Crippen LogP contribution in [0.3, 0.4) is 0 Å². The number of aromatic nitrogens is 1. The number of aliphatic carboxylic acids is 1. The third kappa shape index (κ3) is 3.74. The molecule has 0 bridgehead atoms. The second-order valence-electron chi connectivity index (χ2n) is 3.69. The van der Waals surface area contributed by atoms with Gasteiger partial charge in [-0.25, -0.2) is 4.79 Å². The molecule has 0 saturated heterocycles. The van der Waals surface area contributed by atoms with E-state index in [-0.39, 0.29) is 13.2 Å². The molecule has 6 nitrogen and oxygen atoms in total. The van der Waals surface area contributed by atoms with Gasteiger partial charge in [-0.15, -0.1) is 6.58 Å². The average molecular weight is 252 g/mol. The third-order valence-electron chi connectivity index (χ3n) is 2.30. The molecule has 1 amide bonds. The van der Waals surface area contributed by atoms with E-state index in [9.17, 15) is 9.59 Å². The topological polar surface area (TPSA) is 80.6 Å². The van der Waals surface area contributed by atoms with Crippen molar-refractivity contribution in [3.8, 4) is 0 Å². The van der Waals surface area contributed by atoms with Gasteiger partial charge in [-0.3, -0.25) is 4.79 Å². The van der Waals surface area contributed by atoms with Gasteiger partial charge >= 0.3 is 5.97 Å². The zero-order valence-corrected chi connectivity index (χ0v) is 10.1. The summed E-state index contributed by atoms with van der Waals surface area (Å²) in [6.07, 6.45) is 3.22. The molecular weight excluding hydrogens is 236 g/mol. The van der Waals surface area contributed by atoms with Gasteiger partial charge in [0.1, 0.15) is 5.69 Å². The molecule has 0 aliphatic heterocycles. The number of rotatable bonds is 7. The van der Waals surface area contributed by atoms with Gasteiger partial charge in [0.05, 0.1) is 13.2 Å². The fraction of sp³-hybridized carbons (Fsp3) is 0.333. The molecule has 1 heterocycles. The van der Waals surface area contributed by atoms with Gasteiger partial charge in [-0.05, 0) is 12.1 Å². The van der Waals surface area contributed by atoms with Crippen molar-refractivity contribution in [2.45, 2.75) is 6.04 Å². The smallest absolute Gasteiger partial charge is 0.328 e. The molecule has 6 heteroatoms. The molecule has 0 spiro atoms. The fourth-order valence-corrected chi connectivity index (χ4v) is 1.37. The molecule has 1 aromatic heterocycles. The van der Waals surface area contributed by atoms with Crippen LogP contribution in [0.15, 0.2) is 31.0 Å². The number of carboxylic acid groups (broad SMARTS) is 1. The summed E-state index contributed by atoms with van der Waals surface area (Å²) >= 11 is 0. The first-order valence-electron chi connectivity index (χ1n) is 5.40. The Balaban J connectivity index is 2.61. The Morgan fingerprint density at radius 1 is 1.67 bits per heavy atom. The van der Waals surface area contributed by atoms with E-state index >= 15 is 0 Å². The van der Waals surface area contributed by atoms with Crippen molar-refractivity contribution < 1.29 is 19.4 Å². The van der Waals surface area contributed by atoms with Gasteiger partial charge in [-0.2, -0.15) is 0 Å². The third-order valence-corrected chi connectivity index (χ3v) is 2.30. The minimum atomic E-state index is -1.14. The Bertz CT molecular complexity index is 439. The minimum Gasteiger partial charge on any atom is -0.480 e. The largest absolute Gasteiger partial charge is 0.480 e. The molecule has 1 atom stereocenters. The van der Waals surface area contributed by atoms with E-state index in [4.69, 9.17) is 9.84 Å². The minimum absolute atomic E-state index is 0.0997. The molecular formula is C12H16N2O4. The number of carbonyl (C=O) groups is 2. The molecule has 0 saturated carbocycles. The average Bonchev–Trinajstić information content (AvgIpc) is 2.74. The second-order valence-corrected chi connectivity index (χ2v) is 3.69. The summed E-state index contributed by atoms with van der Waals surface area (Å²) in [5.74, 6) is -1.58. The Morgan fingerprint density at radius 3 is 2.89 bits per heavy atom. The summed E-state index contributed by atoms with van der Waals surface area (Å²) in [6, 6.07) is 2.24. The Kier molecular flexibility index (Phi) is 5.13. The van der Waals surface area contributed by atoms with Crippen LogP contribution in [0.25, 0.3) is 0 Å². The van der Waals surface area contributed by atoms with Gasteiger partial charge in [0, 0.05) is 13.2 Å². The molecule has 1 rings (SSSR count). The highest BCUT2D eigenvalue weighted by Crippen LogP contribution is 2.00. The van der Waals surface area contributed by atoms with Crippen LogP contribution in [0.2, 0.25) is 0 Å². The van der Waals surface area contributed by atoms with Crippen LogP contribution in [-0.4, -0.2) is 40.8 Å². The van der Waals surface area contributed by atoms with Gasteiger partial charge in [-0.1, -0.05) is 6.08 Å². The van der Waals surface area contributed by atoms with Crippen molar-refractivity contribution in [2.75, 3.05) is 13.2 Å². The van der Waals surface area contributed by atoms with Gasteiger partial charge in [0.25, 0.3) is 5.91 Å². The summed E-state index contributed by atoms with van der Waals surface area (Å²) in [4.78, 5) is 22.8. The standard InChI is InChI=1S/C12H16N2O4/c1-3-7-18-8-9(12(16)17)13-11(15)10-5-4-6-14(10)2/h3-6,9H,1,7-8H2,2H3,(H,13,15)(H,16,17). The molecule has 1 unspecified atom stereocenters. The highest BCUT2D eigenvalue weighted by atomic mass is 16.5. The van der Waals surface area contributed by atoms with Crippen molar-refractivity contribution in [1.29, 1.82) is 0 Å². The van der Waals surface area contributed by atoms with E-state index < -0.39 is 17.9 Å². The zero-order valence-electron chi connectivity index (χ0n) is 10.1. The maximum Gasteiger partial charge on any atom is 0.328 e. The van der Waals surface area contributed by atoms with Crippen LogP contribution in [0.1, 0.15) is 10.5 Å². The van der Waals surface area contributed by atoms with Crippen LogP contribution >= 0.6 is 0 Å². The fourth-order valence-electron chi connectivity index (χ4n) is 1.37. The SMILES string of the molecule is C=CCOCC(NC(=O)c1cccn1C)C(=O)O. The van der Waals surface area contributed by atoms with E-state index in [0.717, 1.165) is 0 Å². The number of hydrogen-bond donors (Lipinski definition) is 2. The van der Waals surface area contributed by atoms with E-state index in [1.54, 1.807) is 29.9 Å². The Morgan fingerprint density at radius 2 is 2.39 bits per heavy atom. The van der Waals surface area contributed by atoms with Crippen LogP contribution in [-0.2, 0) is 16.6 Å². The van der Waals surface area contributed by atoms with Crippen molar-refractivity contribution in [3.05, 3.63) is 36.7 Å². The molecule has 0 radical (unpaired) electrons. The number of ether oxygens (including phenoxy) is 1. The van der Waals surface area contributed by atoms with Crippen molar-refractivity contribution >= 4 is 11.9 Å². The van der Waals surface area contributed by atoms with Gasteiger partial charge in [0.15, 0.2) is 6.04 Å². The highest BCUT2D eigenvalue weighted by Gasteiger charge is 2.21. The summed E-state index contributed by atoms with van der Waals surface area (Å²) in [6.45, 7) is 3.59. The summed E-state index contributed by atoms with van der Waals surface area (Å²) < 4.78 is 6.64. The summed E-state index contributed by atoms with van der Waals surface area (Å²) in [5, 5.41) is 11.4. The molecule has 2 N–H and O–H groups in total. The lowest BCUT2D eigenvalue weighted by molar-refractivity contribution is -0.140. The van der Waals surface area contributed by atoms with Crippen LogP contribution in [0.4, 0.5) is 0 Å². The number of nitrogens with one attached hydrogen (secondary N) is 1. The monoisotopic (exact) mass is 252 g/mol. The molecule has 1 aromatic rings. The van der Waals surface area contributed by atoms with Gasteiger partial charge in [0.2, 0.25) is 0 Å². The lowest BCUT2D eigenvalue weighted by Crippen LogP contribution is -2.44. The molecule has 0 aromatic carbocycles. The number of amides is 1. The van der Waals surface area contributed by atoms with Crippen molar-refractivity contribution in [3.63, 3.8) is 0 Å². The number of hydrogen-bond acceptors (Lipinski definition) is 3. The maximum absolute atomic E-state index is 11.8. The number of carboxylic acids is 1. The summed E-state index contributed by atoms with van der Waals surface area (Å²) in [5.41, 5.74) is 0.393. The van der Waals surface area contributed by atoms with E-state index in [1.165, 1.54) is 6.08 Å². The second kappa shape index (κ2) is 6.61. The van der Waals surface area contributed by atoms with E-state index in [2.05, 4.69) is 11.9 Å². The van der Waals surface area contributed by atoms with E-state index in [1.807, 2.05) is 0 Å². The summed E-state index contributed by atoms with van der Waals surface area (Å²) in [7, 11) is 1.71. The molecule has 18 heavy (non-hydrogen) atoms. The van der Waals surface area contributed by atoms with Gasteiger partial charge < -0.3 is 19.7 Å². The molecule has 0 aliphatic carbocycles. The predicted molar refractivity (Wildman–Crippen MR) is 65.3 cm³/mol. The van der Waals surface area contributed by atoms with Crippen molar-refractivity contribution in [2.24, 2.45) is 7.05 Å². The number of nitrogens with zero attached hydrogens (tertiary/aromatic N) is 1. The number of carbonyl (C=O) groups excluding carboxylic acids is 1. The normalized spacial score (nSPS) is 11.8. The lowest BCUT2D eigenvalue weighted by atomic mass is 10.3.